The molecule has 0 saturated heterocycles. The maximum absolute atomic E-state index is 12.0. The first-order chi connectivity index (χ1) is 15.2. The molecule has 0 radical (unpaired) electrons. The fourth-order valence-corrected chi connectivity index (χ4v) is 5.28. The van der Waals surface area contributed by atoms with Crippen molar-refractivity contribution in [1.29, 1.82) is 0 Å². The molecule has 7 heteroatoms. The number of nitrogens with zero attached hydrogens (tertiary/aromatic N) is 3. The van der Waals surface area contributed by atoms with E-state index in [1.807, 2.05) is 12.3 Å². The number of hydrogen-bond donors (Lipinski definition) is 0. The maximum atomic E-state index is 12.0. The lowest BCUT2D eigenvalue weighted by Gasteiger charge is -2.37. The normalized spacial score (nSPS) is 18.3. The number of esters is 1. The third-order valence-electron chi connectivity index (χ3n) is 6.61. The van der Waals surface area contributed by atoms with Crippen LogP contribution in [-0.4, -0.2) is 33.4 Å². The summed E-state index contributed by atoms with van der Waals surface area (Å²) in [5.74, 6) is 1.95. The summed E-state index contributed by atoms with van der Waals surface area (Å²) in [4.78, 5) is 16.3. The summed E-state index contributed by atoms with van der Waals surface area (Å²) in [5.41, 5.74) is 0.255. The molecule has 0 aromatic carbocycles. The van der Waals surface area contributed by atoms with Gasteiger partial charge in [-0.05, 0) is 56.6 Å². The van der Waals surface area contributed by atoms with Crippen LogP contribution in [-0.2, 0) is 4.74 Å². The SMILES string of the molecule is CCOC(=O)c1ccc(-n2ccc(OC(C3CCCCC3)C3CCCCC3)n2)nc1Cl. The quantitative estimate of drug-likeness (QED) is 0.386. The second-order valence-electron chi connectivity index (χ2n) is 8.71. The first-order valence-corrected chi connectivity index (χ1v) is 12.1. The molecule has 2 aliphatic carbocycles. The molecule has 2 heterocycles. The van der Waals surface area contributed by atoms with Crippen molar-refractivity contribution in [2.75, 3.05) is 6.61 Å². The Kier molecular flexibility index (Phi) is 7.49. The maximum Gasteiger partial charge on any atom is 0.341 e. The average molecular weight is 446 g/mol. The van der Waals surface area contributed by atoms with Gasteiger partial charge in [0.2, 0.25) is 5.88 Å². The molecule has 2 fully saturated rings. The van der Waals surface area contributed by atoms with Crippen molar-refractivity contribution in [1.82, 2.24) is 14.8 Å². The second-order valence-corrected chi connectivity index (χ2v) is 9.06. The number of carbonyl (C=O) groups is 1. The largest absolute Gasteiger partial charge is 0.473 e. The van der Waals surface area contributed by atoms with Crippen molar-refractivity contribution in [2.45, 2.75) is 77.2 Å². The van der Waals surface area contributed by atoms with Gasteiger partial charge < -0.3 is 9.47 Å². The van der Waals surface area contributed by atoms with Crippen molar-refractivity contribution < 1.29 is 14.3 Å². The van der Waals surface area contributed by atoms with Gasteiger partial charge >= 0.3 is 5.97 Å². The fourth-order valence-electron chi connectivity index (χ4n) is 5.05. The average Bonchev–Trinajstić information content (AvgIpc) is 3.27. The van der Waals surface area contributed by atoms with Gasteiger partial charge in [-0.3, -0.25) is 0 Å². The molecule has 0 spiro atoms. The van der Waals surface area contributed by atoms with Gasteiger partial charge in [-0.15, -0.1) is 5.10 Å². The van der Waals surface area contributed by atoms with E-state index in [2.05, 4.69) is 10.1 Å². The Hall–Kier alpha value is -2.08. The zero-order valence-corrected chi connectivity index (χ0v) is 19.0. The van der Waals surface area contributed by atoms with Gasteiger partial charge in [0, 0.05) is 12.3 Å². The Morgan fingerprint density at radius 1 is 1.06 bits per heavy atom. The number of carbonyl (C=O) groups excluding carboxylic acids is 1. The third kappa shape index (κ3) is 5.40. The number of rotatable bonds is 7. The molecule has 168 valence electrons. The number of pyridine rings is 1. The molecular formula is C24H32ClN3O3. The smallest absolute Gasteiger partial charge is 0.341 e. The zero-order valence-electron chi connectivity index (χ0n) is 18.3. The van der Waals surface area contributed by atoms with E-state index >= 15 is 0 Å². The lowest BCUT2D eigenvalue weighted by atomic mass is 9.75. The van der Waals surface area contributed by atoms with Gasteiger partial charge in [0.05, 0.1) is 12.2 Å². The van der Waals surface area contributed by atoms with E-state index in [-0.39, 0.29) is 16.8 Å². The van der Waals surface area contributed by atoms with Crippen molar-refractivity contribution in [3.8, 4) is 11.7 Å². The number of halogens is 1. The molecule has 2 saturated carbocycles. The van der Waals surface area contributed by atoms with Gasteiger partial charge in [-0.25, -0.2) is 14.5 Å². The Morgan fingerprint density at radius 3 is 2.29 bits per heavy atom. The summed E-state index contributed by atoms with van der Waals surface area (Å²) in [6.07, 6.45) is 15.0. The summed E-state index contributed by atoms with van der Waals surface area (Å²) in [6, 6.07) is 5.24. The summed E-state index contributed by atoms with van der Waals surface area (Å²) in [5, 5.41) is 4.73. The third-order valence-corrected chi connectivity index (χ3v) is 6.90. The molecular weight excluding hydrogens is 414 g/mol. The van der Waals surface area contributed by atoms with Crippen molar-refractivity contribution in [3.05, 3.63) is 35.1 Å². The predicted octanol–water partition coefficient (Wildman–Crippen LogP) is 6.01. The van der Waals surface area contributed by atoms with Crippen LogP contribution in [0.1, 0.15) is 81.5 Å². The van der Waals surface area contributed by atoms with E-state index in [9.17, 15) is 4.79 Å². The molecule has 0 amide bonds. The van der Waals surface area contributed by atoms with E-state index in [1.54, 1.807) is 23.7 Å². The van der Waals surface area contributed by atoms with Gasteiger partial charge in [0.1, 0.15) is 11.3 Å². The van der Waals surface area contributed by atoms with Crippen molar-refractivity contribution in [2.24, 2.45) is 11.8 Å². The Bertz CT molecular complexity index is 855. The highest BCUT2D eigenvalue weighted by Gasteiger charge is 2.33. The molecule has 31 heavy (non-hydrogen) atoms. The summed E-state index contributed by atoms with van der Waals surface area (Å²) in [6.45, 7) is 2.05. The van der Waals surface area contributed by atoms with Gasteiger partial charge in [-0.2, -0.15) is 0 Å². The molecule has 2 aromatic rings. The Labute approximate surface area is 189 Å². The molecule has 2 aromatic heterocycles. The van der Waals surface area contributed by atoms with Crippen LogP contribution in [0, 0.1) is 11.8 Å². The first kappa shape index (κ1) is 22.1. The van der Waals surface area contributed by atoms with Crippen LogP contribution in [0.15, 0.2) is 24.4 Å². The van der Waals surface area contributed by atoms with E-state index in [0.29, 0.717) is 30.1 Å². The van der Waals surface area contributed by atoms with E-state index < -0.39 is 5.97 Å². The fraction of sp³-hybridized carbons (Fsp3) is 0.625. The van der Waals surface area contributed by atoms with Gasteiger partial charge in [0.25, 0.3) is 0 Å². The number of ether oxygens (including phenoxy) is 2. The molecule has 0 atom stereocenters. The van der Waals surface area contributed by atoms with E-state index in [4.69, 9.17) is 21.1 Å². The highest BCUT2D eigenvalue weighted by Crippen LogP contribution is 2.37. The van der Waals surface area contributed by atoms with Crippen LogP contribution >= 0.6 is 11.6 Å². The Morgan fingerprint density at radius 2 is 1.71 bits per heavy atom. The molecule has 0 bridgehead atoms. The van der Waals surface area contributed by atoms with Gasteiger partial charge in [-0.1, -0.05) is 50.1 Å². The van der Waals surface area contributed by atoms with E-state index in [0.717, 1.165) is 0 Å². The van der Waals surface area contributed by atoms with Crippen molar-refractivity contribution >= 4 is 17.6 Å². The molecule has 0 unspecified atom stereocenters. The molecule has 2 aliphatic rings. The lowest BCUT2D eigenvalue weighted by molar-refractivity contribution is 0.0352. The van der Waals surface area contributed by atoms with Crippen LogP contribution in [0.3, 0.4) is 0 Å². The minimum Gasteiger partial charge on any atom is -0.473 e. The van der Waals surface area contributed by atoms with E-state index in [1.165, 1.54) is 64.2 Å². The molecule has 4 rings (SSSR count). The molecule has 6 nitrogen and oxygen atoms in total. The van der Waals surface area contributed by atoms with Crippen LogP contribution in [0.2, 0.25) is 5.15 Å². The molecule has 0 aliphatic heterocycles. The minimum absolute atomic E-state index is 0.108. The highest BCUT2D eigenvalue weighted by atomic mass is 35.5. The summed E-state index contributed by atoms with van der Waals surface area (Å²) >= 11 is 6.22. The van der Waals surface area contributed by atoms with Crippen LogP contribution < -0.4 is 4.74 Å². The predicted molar refractivity (Wildman–Crippen MR) is 120 cm³/mol. The molecule has 0 N–H and O–H groups in total. The number of aromatic nitrogens is 3. The monoisotopic (exact) mass is 445 g/mol. The van der Waals surface area contributed by atoms with Crippen molar-refractivity contribution in [3.63, 3.8) is 0 Å². The van der Waals surface area contributed by atoms with Crippen LogP contribution in [0.5, 0.6) is 5.88 Å². The summed E-state index contributed by atoms with van der Waals surface area (Å²) < 4.78 is 13.2. The van der Waals surface area contributed by atoms with Gasteiger partial charge in [0.15, 0.2) is 5.82 Å². The second kappa shape index (κ2) is 10.5. The topological polar surface area (TPSA) is 66.2 Å². The number of hydrogen-bond acceptors (Lipinski definition) is 5. The standard InChI is InChI=1S/C24H32ClN3O3/c1-2-30-24(29)19-13-14-20(26-23(19)25)28-16-15-21(27-28)31-22(17-9-5-3-6-10-17)18-11-7-4-8-12-18/h13-18,22H,2-12H2,1H3. The first-order valence-electron chi connectivity index (χ1n) is 11.7. The van der Waals surface area contributed by atoms with Crippen LogP contribution in [0.4, 0.5) is 0 Å². The van der Waals surface area contributed by atoms with Crippen LogP contribution in [0.25, 0.3) is 5.82 Å². The highest BCUT2D eigenvalue weighted by molar-refractivity contribution is 6.32. The lowest BCUT2D eigenvalue weighted by Crippen LogP contribution is -2.37. The minimum atomic E-state index is -0.473. The summed E-state index contributed by atoms with van der Waals surface area (Å²) in [7, 11) is 0. The zero-order chi connectivity index (χ0) is 21.6. The Balaban J connectivity index is 1.50.